The molecule has 22 heavy (non-hydrogen) atoms. The lowest BCUT2D eigenvalue weighted by atomic mass is 10.1. The molecule has 1 aliphatic heterocycles. The van der Waals surface area contributed by atoms with Crippen molar-refractivity contribution in [2.45, 2.75) is 6.42 Å². The van der Waals surface area contributed by atoms with Crippen LogP contribution in [0.25, 0.3) is 0 Å². The lowest BCUT2D eigenvalue weighted by Crippen LogP contribution is -2.30. The molecule has 1 fully saturated rings. The van der Waals surface area contributed by atoms with Crippen LogP contribution >= 0.6 is 11.6 Å². The first-order valence-electron chi connectivity index (χ1n) is 6.95. The molecule has 0 bridgehead atoms. The van der Waals surface area contributed by atoms with Crippen molar-refractivity contribution < 1.29 is 14.3 Å². The highest BCUT2D eigenvalue weighted by atomic mass is 35.5. The number of amides is 2. The van der Waals surface area contributed by atoms with Gasteiger partial charge in [0.15, 0.2) is 0 Å². The summed E-state index contributed by atoms with van der Waals surface area (Å²) in [5.74, 6) is 0.656. The van der Waals surface area contributed by atoms with Gasteiger partial charge in [0.1, 0.15) is 11.5 Å². The van der Waals surface area contributed by atoms with Crippen molar-refractivity contribution in [1.82, 2.24) is 0 Å². The number of carbonyl (C=O) groups excluding carboxylic acids is 2. The monoisotopic (exact) mass is 315 g/mol. The molecule has 5 heteroatoms. The summed E-state index contributed by atoms with van der Waals surface area (Å²) in [7, 11) is 0. The molecule has 1 heterocycles. The predicted molar refractivity (Wildman–Crippen MR) is 84.3 cm³/mol. The van der Waals surface area contributed by atoms with Crippen LogP contribution in [0.4, 0.5) is 5.69 Å². The Bertz CT molecular complexity index is 685. The van der Waals surface area contributed by atoms with Crippen molar-refractivity contribution >= 4 is 29.1 Å². The summed E-state index contributed by atoms with van der Waals surface area (Å²) in [5.41, 5.74) is 0.544. The SMILES string of the molecule is O=C1CC(CCl)C(=O)N1c1ccc(Oc2ccccc2)cc1. The van der Waals surface area contributed by atoms with E-state index in [2.05, 4.69) is 0 Å². The van der Waals surface area contributed by atoms with Crippen molar-refractivity contribution in [1.29, 1.82) is 0 Å². The van der Waals surface area contributed by atoms with Gasteiger partial charge in [0, 0.05) is 12.3 Å². The van der Waals surface area contributed by atoms with E-state index >= 15 is 0 Å². The van der Waals surface area contributed by atoms with Gasteiger partial charge in [-0.15, -0.1) is 11.6 Å². The predicted octanol–water partition coefficient (Wildman–Crippen LogP) is 3.60. The molecule has 112 valence electrons. The first-order chi connectivity index (χ1) is 10.7. The average Bonchev–Trinajstić information content (AvgIpc) is 2.83. The second-order valence-corrected chi connectivity index (χ2v) is 5.34. The molecule has 2 amide bonds. The van der Waals surface area contributed by atoms with Gasteiger partial charge in [0.05, 0.1) is 11.6 Å². The second kappa shape index (κ2) is 6.20. The van der Waals surface area contributed by atoms with Gasteiger partial charge in [0.25, 0.3) is 0 Å². The van der Waals surface area contributed by atoms with Gasteiger partial charge in [0.2, 0.25) is 11.8 Å². The standard InChI is InChI=1S/C17H14ClNO3/c18-11-12-10-16(20)19(17(12)21)13-6-8-15(9-7-13)22-14-4-2-1-3-5-14/h1-9,12H,10-11H2. The fourth-order valence-corrected chi connectivity index (χ4v) is 2.62. The lowest BCUT2D eigenvalue weighted by molar-refractivity contribution is -0.122. The summed E-state index contributed by atoms with van der Waals surface area (Å²) in [5, 5.41) is 0. The van der Waals surface area contributed by atoms with E-state index < -0.39 is 5.92 Å². The topological polar surface area (TPSA) is 46.6 Å². The van der Waals surface area contributed by atoms with Crippen molar-refractivity contribution in [3.8, 4) is 11.5 Å². The molecule has 2 aromatic rings. The van der Waals surface area contributed by atoms with Crippen LogP contribution in [0.1, 0.15) is 6.42 Å². The number of ether oxygens (including phenoxy) is 1. The highest BCUT2D eigenvalue weighted by Gasteiger charge is 2.38. The summed E-state index contributed by atoms with van der Waals surface area (Å²) in [6.07, 6.45) is 0.171. The van der Waals surface area contributed by atoms with E-state index in [1.807, 2.05) is 30.3 Å². The molecular formula is C17H14ClNO3. The molecule has 0 radical (unpaired) electrons. The van der Waals surface area contributed by atoms with Gasteiger partial charge in [-0.25, -0.2) is 0 Å². The maximum absolute atomic E-state index is 12.1. The Kier molecular flexibility index (Phi) is 4.11. The normalized spacial score (nSPS) is 17.9. The Morgan fingerprint density at radius 2 is 1.64 bits per heavy atom. The summed E-state index contributed by atoms with van der Waals surface area (Å²) >= 11 is 5.72. The van der Waals surface area contributed by atoms with Gasteiger partial charge >= 0.3 is 0 Å². The lowest BCUT2D eigenvalue weighted by Gasteiger charge is -2.15. The number of hydrogen-bond acceptors (Lipinski definition) is 3. The van der Waals surface area contributed by atoms with Gasteiger partial charge in [-0.1, -0.05) is 18.2 Å². The molecule has 0 N–H and O–H groups in total. The Balaban J connectivity index is 1.77. The van der Waals surface area contributed by atoms with Crippen LogP contribution in [0.15, 0.2) is 54.6 Å². The summed E-state index contributed by atoms with van der Waals surface area (Å²) in [4.78, 5) is 25.3. The molecule has 1 aliphatic rings. The van der Waals surface area contributed by atoms with E-state index in [0.717, 1.165) is 5.75 Å². The van der Waals surface area contributed by atoms with Crippen LogP contribution in [-0.4, -0.2) is 17.7 Å². The zero-order chi connectivity index (χ0) is 15.5. The van der Waals surface area contributed by atoms with E-state index in [0.29, 0.717) is 11.4 Å². The van der Waals surface area contributed by atoms with Crippen LogP contribution in [-0.2, 0) is 9.59 Å². The Hall–Kier alpha value is -2.33. The summed E-state index contributed by atoms with van der Waals surface area (Å²) in [6, 6.07) is 16.3. The van der Waals surface area contributed by atoms with E-state index in [-0.39, 0.29) is 24.1 Å². The van der Waals surface area contributed by atoms with E-state index in [1.54, 1.807) is 24.3 Å². The van der Waals surface area contributed by atoms with Crippen LogP contribution in [0, 0.1) is 5.92 Å². The molecule has 0 aromatic heterocycles. The number of halogens is 1. The smallest absolute Gasteiger partial charge is 0.238 e. The Morgan fingerprint density at radius 3 is 2.23 bits per heavy atom. The molecule has 0 saturated carbocycles. The fourth-order valence-electron chi connectivity index (χ4n) is 2.37. The second-order valence-electron chi connectivity index (χ2n) is 5.03. The van der Waals surface area contributed by atoms with Gasteiger partial charge in [-0.3, -0.25) is 14.5 Å². The zero-order valence-electron chi connectivity index (χ0n) is 11.7. The minimum Gasteiger partial charge on any atom is -0.457 e. The number of benzene rings is 2. The number of nitrogens with zero attached hydrogens (tertiary/aromatic N) is 1. The van der Waals surface area contributed by atoms with E-state index in [1.165, 1.54) is 4.90 Å². The molecule has 3 rings (SSSR count). The van der Waals surface area contributed by atoms with Gasteiger partial charge in [-0.05, 0) is 36.4 Å². The third kappa shape index (κ3) is 2.83. The molecule has 1 unspecified atom stereocenters. The number of rotatable bonds is 4. The van der Waals surface area contributed by atoms with Gasteiger partial charge < -0.3 is 4.74 Å². The maximum atomic E-state index is 12.1. The highest BCUT2D eigenvalue weighted by molar-refractivity contribution is 6.25. The number of para-hydroxylation sites is 1. The number of anilines is 1. The van der Waals surface area contributed by atoms with Crippen molar-refractivity contribution in [2.24, 2.45) is 5.92 Å². The van der Waals surface area contributed by atoms with Gasteiger partial charge in [-0.2, -0.15) is 0 Å². The number of alkyl halides is 1. The van der Waals surface area contributed by atoms with Crippen LogP contribution in [0.2, 0.25) is 0 Å². The third-order valence-electron chi connectivity index (χ3n) is 3.50. The summed E-state index contributed by atoms with van der Waals surface area (Å²) in [6.45, 7) is 0. The number of carbonyl (C=O) groups is 2. The van der Waals surface area contributed by atoms with Crippen LogP contribution < -0.4 is 9.64 Å². The van der Waals surface area contributed by atoms with Crippen LogP contribution in [0.5, 0.6) is 11.5 Å². The molecule has 1 atom stereocenters. The van der Waals surface area contributed by atoms with Crippen molar-refractivity contribution in [2.75, 3.05) is 10.8 Å². The molecule has 2 aromatic carbocycles. The minimum atomic E-state index is -0.422. The Labute approximate surface area is 133 Å². The fraction of sp³-hybridized carbons (Fsp3) is 0.176. The molecular weight excluding hydrogens is 302 g/mol. The van der Waals surface area contributed by atoms with E-state index in [4.69, 9.17) is 16.3 Å². The molecule has 1 saturated heterocycles. The zero-order valence-corrected chi connectivity index (χ0v) is 12.5. The van der Waals surface area contributed by atoms with Crippen molar-refractivity contribution in [3.05, 3.63) is 54.6 Å². The first-order valence-corrected chi connectivity index (χ1v) is 7.48. The first kappa shape index (κ1) is 14.6. The quantitative estimate of drug-likeness (QED) is 0.640. The molecule has 4 nitrogen and oxygen atoms in total. The minimum absolute atomic E-state index is 0.163. The Morgan fingerprint density at radius 1 is 1.00 bits per heavy atom. The van der Waals surface area contributed by atoms with Crippen molar-refractivity contribution in [3.63, 3.8) is 0 Å². The maximum Gasteiger partial charge on any atom is 0.238 e. The number of imide groups is 1. The third-order valence-corrected chi connectivity index (χ3v) is 3.87. The molecule has 0 aliphatic carbocycles. The van der Waals surface area contributed by atoms with E-state index in [9.17, 15) is 9.59 Å². The number of hydrogen-bond donors (Lipinski definition) is 0. The van der Waals surface area contributed by atoms with Crippen LogP contribution in [0.3, 0.4) is 0 Å². The highest BCUT2D eigenvalue weighted by Crippen LogP contribution is 2.29. The molecule has 0 spiro atoms. The average molecular weight is 316 g/mol. The summed E-state index contributed by atoms with van der Waals surface area (Å²) < 4.78 is 5.68. The largest absolute Gasteiger partial charge is 0.457 e.